The van der Waals surface area contributed by atoms with E-state index in [1.165, 1.54) is 43.9 Å². The first-order valence-corrected chi connectivity index (χ1v) is 11.1. The summed E-state index contributed by atoms with van der Waals surface area (Å²) in [7, 11) is 1.45. The molecule has 3 fully saturated rings. The maximum atomic E-state index is 11.7. The highest BCUT2D eigenvalue weighted by Gasteiger charge is 2.51. The van der Waals surface area contributed by atoms with Gasteiger partial charge in [-0.25, -0.2) is 0 Å². The van der Waals surface area contributed by atoms with Crippen LogP contribution in [0, 0.1) is 11.3 Å². The zero-order valence-electron chi connectivity index (χ0n) is 17.9. The number of carbonyl (C=O) groups is 1. The quantitative estimate of drug-likeness (QED) is 0.537. The molecule has 0 radical (unpaired) electrons. The van der Waals surface area contributed by atoms with Gasteiger partial charge in [-0.05, 0) is 61.0 Å². The number of hydrogen-bond donors (Lipinski definition) is 1. The average Bonchev–Trinajstić information content (AvgIpc) is 3.28. The van der Waals surface area contributed by atoms with Crippen molar-refractivity contribution in [2.45, 2.75) is 56.4 Å². The standard InChI is InChI=1S/C14H16O2.C13H17N/c1-10-8-12(11-6-4-3-5-7-11)13(9-10)14(15)16-2;14-12-9-13(6-7-13)8-11(12)10-4-2-1-3-5-10/h3-7,12-13H,1,8-9H2,2H3;1-5,11-12H,6-9,14H2/t12-,13?;11-,12+/m11/s1. The second kappa shape index (κ2) is 8.77. The first kappa shape index (κ1) is 20.9. The minimum Gasteiger partial charge on any atom is -0.469 e. The summed E-state index contributed by atoms with van der Waals surface area (Å²) in [5.74, 6) is 0.687. The predicted molar refractivity (Wildman–Crippen MR) is 121 cm³/mol. The van der Waals surface area contributed by atoms with Gasteiger partial charge in [0.05, 0.1) is 13.0 Å². The zero-order chi connectivity index (χ0) is 21.1. The van der Waals surface area contributed by atoms with Crippen molar-refractivity contribution >= 4 is 5.97 Å². The maximum Gasteiger partial charge on any atom is 0.309 e. The third kappa shape index (κ3) is 4.52. The molecule has 158 valence electrons. The Kier molecular flexibility index (Phi) is 6.10. The van der Waals surface area contributed by atoms with Crippen LogP contribution in [-0.4, -0.2) is 19.1 Å². The highest BCUT2D eigenvalue weighted by molar-refractivity contribution is 5.75. The van der Waals surface area contributed by atoms with Crippen molar-refractivity contribution in [3.05, 3.63) is 83.9 Å². The molecule has 0 heterocycles. The van der Waals surface area contributed by atoms with Crippen LogP contribution < -0.4 is 5.73 Å². The third-order valence-electron chi connectivity index (χ3n) is 7.26. The van der Waals surface area contributed by atoms with Crippen LogP contribution in [0.5, 0.6) is 0 Å². The minimum atomic E-state index is -0.118. The zero-order valence-corrected chi connectivity index (χ0v) is 17.9. The lowest BCUT2D eigenvalue weighted by Crippen LogP contribution is -2.22. The lowest BCUT2D eigenvalue weighted by Gasteiger charge is -2.17. The Hall–Kier alpha value is -2.39. The summed E-state index contributed by atoms with van der Waals surface area (Å²) in [6.45, 7) is 3.99. The van der Waals surface area contributed by atoms with Crippen LogP contribution >= 0.6 is 0 Å². The Morgan fingerprint density at radius 3 is 2.00 bits per heavy atom. The molecule has 3 saturated carbocycles. The monoisotopic (exact) mass is 403 g/mol. The largest absolute Gasteiger partial charge is 0.469 e. The summed E-state index contributed by atoms with van der Waals surface area (Å²) in [6, 6.07) is 21.3. The Morgan fingerprint density at radius 1 is 0.933 bits per heavy atom. The number of allylic oxidation sites excluding steroid dienone is 1. The summed E-state index contributed by atoms with van der Waals surface area (Å²) < 4.78 is 4.85. The molecule has 0 amide bonds. The van der Waals surface area contributed by atoms with E-state index in [0.29, 0.717) is 17.4 Å². The molecule has 0 aliphatic heterocycles. The molecule has 3 aliphatic rings. The van der Waals surface area contributed by atoms with Crippen LogP contribution in [0.25, 0.3) is 0 Å². The van der Waals surface area contributed by atoms with Crippen molar-refractivity contribution in [1.82, 2.24) is 0 Å². The van der Waals surface area contributed by atoms with Crippen LogP contribution in [-0.2, 0) is 9.53 Å². The first-order chi connectivity index (χ1) is 14.5. The van der Waals surface area contributed by atoms with Crippen molar-refractivity contribution in [3.63, 3.8) is 0 Å². The molecule has 4 atom stereocenters. The summed E-state index contributed by atoms with van der Waals surface area (Å²) in [6.07, 6.45) is 7.08. The van der Waals surface area contributed by atoms with E-state index in [2.05, 4.69) is 49.0 Å². The Balaban J connectivity index is 0.000000146. The summed E-state index contributed by atoms with van der Waals surface area (Å²) in [5, 5.41) is 0. The number of nitrogens with two attached hydrogens (primary N) is 1. The molecule has 3 heteroatoms. The van der Waals surface area contributed by atoms with Crippen LogP contribution in [0.3, 0.4) is 0 Å². The van der Waals surface area contributed by atoms with Gasteiger partial charge >= 0.3 is 5.97 Å². The lowest BCUT2D eigenvalue weighted by atomic mass is 9.89. The van der Waals surface area contributed by atoms with Gasteiger partial charge in [-0.15, -0.1) is 0 Å². The van der Waals surface area contributed by atoms with E-state index in [9.17, 15) is 4.79 Å². The van der Waals surface area contributed by atoms with Gasteiger partial charge in [-0.1, -0.05) is 72.8 Å². The molecule has 2 aromatic rings. The third-order valence-corrected chi connectivity index (χ3v) is 7.26. The SMILES string of the molecule is C=C1CC(C(=O)OC)[C@@H](c2ccccc2)C1.N[C@H]1CC2(CC2)C[C@@H]1c1ccccc1. The van der Waals surface area contributed by atoms with Crippen LogP contribution in [0.4, 0.5) is 0 Å². The van der Waals surface area contributed by atoms with Gasteiger partial charge in [-0.2, -0.15) is 0 Å². The summed E-state index contributed by atoms with van der Waals surface area (Å²) in [4.78, 5) is 11.7. The number of esters is 1. The number of benzene rings is 2. The summed E-state index contributed by atoms with van der Waals surface area (Å²) in [5.41, 5.74) is 10.7. The molecule has 2 aromatic carbocycles. The van der Waals surface area contributed by atoms with Gasteiger partial charge < -0.3 is 10.5 Å². The van der Waals surface area contributed by atoms with Crippen molar-refractivity contribution in [2.75, 3.05) is 7.11 Å². The number of methoxy groups -OCH3 is 1. The molecule has 1 unspecified atom stereocenters. The lowest BCUT2D eigenvalue weighted by molar-refractivity contribution is -0.145. The van der Waals surface area contributed by atoms with Crippen LogP contribution in [0.15, 0.2) is 72.8 Å². The topological polar surface area (TPSA) is 52.3 Å². The second-order valence-corrected chi connectivity index (χ2v) is 9.39. The molecule has 1 spiro atoms. The van der Waals surface area contributed by atoms with E-state index in [1.54, 1.807) is 0 Å². The van der Waals surface area contributed by atoms with E-state index in [0.717, 1.165) is 18.4 Å². The highest BCUT2D eigenvalue weighted by Crippen LogP contribution is 2.61. The molecular formula is C27H33NO2. The number of ether oxygens (including phenoxy) is 1. The van der Waals surface area contributed by atoms with Gasteiger partial charge in [0.1, 0.15) is 0 Å². The molecular weight excluding hydrogens is 370 g/mol. The van der Waals surface area contributed by atoms with Crippen LogP contribution in [0.1, 0.15) is 61.5 Å². The van der Waals surface area contributed by atoms with Crippen molar-refractivity contribution in [2.24, 2.45) is 17.1 Å². The Bertz CT molecular complexity index is 872. The fourth-order valence-corrected chi connectivity index (χ4v) is 5.43. The molecule has 0 aromatic heterocycles. The molecule has 0 saturated heterocycles. The van der Waals surface area contributed by atoms with Gasteiger partial charge in [-0.3, -0.25) is 4.79 Å². The number of rotatable bonds is 3. The maximum absolute atomic E-state index is 11.7. The van der Waals surface area contributed by atoms with Gasteiger partial charge in [0.2, 0.25) is 0 Å². The number of hydrogen-bond acceptors (Lipinski definition) is 3. The van der Waals surface area contributed by atoms with Crippen molar-refractivity contribution in [3.8, 4) is 0 Å². The molecule has 5 rings (SSSR count). The molecule has 0 bridgehead atoms. The van der Waals surface area contributed by atoms with Gasteiger partial charge in [0.15, 0.2) is 0 Å². The van der Waals surface area contributed by atoms with Crippen molar-refractivity contribution in [1.29, 1.82) is 0 Å². The first-order valence-electron chi connectivity index (χ1n) is 11.1. The van der Waals surface area contributed by atoms with E-state index in [4.69, 9.17) is 10.5 Å². The van der Waals surface area contributed by atoms with E-state index in [1.807, 2.05) is 18.2 Å². The van der Waals surface area contributed by atoms with E-state index < -0.39 is 0 Å². The smallest absolute Gasteiger partial charge is 0.309 e. The van der Waals surface area contributed by atoms with E-state index in [-0.39, 0.29) is 17.8 Å². The second-order valence-electron chi connectivity index (χ2n) is 9.39. The normalized spacial score (nSPS) is 28.7. The van der Waals surface area contributed by atoms with E-state index >= 15 is 0 Å². The van der Waals surface area contributed by atoms with Crippen molar-refractivity contribution < 1.29 is 9.53 Å². The Labute approximate surface area is 180 Å². The number of carbonyl (C=O) groups excluding carboxylic acids is 1. The molecule has 3 aliphatic carbocycles. The molecule has 30 heavy (non-hydrogen) atoms. The Morgan fingerprint density at radius 2 is 1.50 bits per heavy atom. The fourth-order valence-electron chi connectivity index (χ4n) is 5.43. The fraction of sp³-hybridized carbons (Fsp3) is 0.444. The average molecular weight is 404 g/mol. The van der Waals surface area contributed by atoms with Gasteiger partial charge in [0, 0.05) is 12.0 Å². The van der Waals surface area contributed by atoms with Gasteiger partial charge in [0.25, 0.3) is 0 Å². The molecule has 3 nitrogen and oxygen atoms in total. The van der Waals surface area contributed by atoms with Crippen LogP contribution in [0.2, 0.25) is 0 Å². The predicted octanol–water partition coefficient (Wildman–Crippen LogP) is 5.58. The summed E-state index contributed by atoms with van der Waals surface area (Å²) >= 11 is 0. The molecule has 2 N–H and O–H groups in total. The minimum absolute atomic E-state index is 0.0556. The highest BCUT2D eigenvalue weighted by atomic mass is 16.5.